The highest BCUT2D eigenvalue weighted by atomic mass is 16.6. The molecule has 9 heteroatoms. The number of esters is 2. The topological polar surface area (TPSA) is 109 Å². The molecule has 0 amide bonds. The van der Waals surface area contributed by atoms with Crippen molar-refractivity contribution in [1.29, 1.82) is 0 Å². The molecule has 1 aliphatic heterocycles. The second kappa shape index (κ2) is 10.3. The van der Waals surface area contributed by atoms with Crippen LogP contribution in [0.1, 0.15) is 60.8 Å². The number of rotatable bonds is 8. The SMILES string of the molecule is CCOC(=O)c1c(C)[nH]c(C(=O)OCC(=O)c2cc(C)n(CC3COc4ccccc4O3)c2C)c1C. The van der Waals surface area contributed by atoms with Gasteiger partial charge in [-0.25, -0.2) is 9.59 Å². The van der Waals surface area contributed by atoms with Crippen LogP contribution in [-0.4, -0.2) is 53.2 Å². The van der Waals surface area contributed by atoms with E-state index in [2.05, 4.69) is 4.98 Å². The zero-order valence-corrected chi connectivity index (χ0v) is 21.1. The molecule has 1 unspecified atom stereocenters. The molecule has 36 heavy (non-hydrogen) atoms. The Labute approximate surface area is 209 Å². The van der Waals surface area contributed by atoms with Gasteiger partial charge in [0, 0.05) is 22.6 Å². The van der Waals surface area contributed by atoms with Gasteiger partial charge in [-0.2, -0.15) is 0 Å². The molecule has 0 saturated heterocycles. The van der Waals surface area contributed by atoms with Gasteiger partial charge in [0.05, 0.1) is 18.7 Å². The molecule has 3 aromatic rings. The number of carbonyl (C=O) groups excluding carboxylic acids is 3. The minimum atomic E-state index is -0.709. The van der Waals surface area contributed by atoms with E-state index in [4.69, 9.17) is 18.9 Å². The molecule has 3 heterocycles. The molecule has 0 aliphatic carbocycles. The van der Waals surface area contributed by atoms with E-state index in [1.165, 1.54) is 0 Å². The maximum absolute atomic E-state index is 12.9. The van der Waals surface area contributed by atoms with E-state index in [1.54, 1.807) is 26.8 Å². The first-order valence-electron chi connectivity index (χ1n) is 11.8. The van der Waals surface area contributed by atoms with Crippen molar-refractivity contribution < 1.29 is 33.3 Å². The number of aryl methyl sites for hydroxylation is 2. The van der Waals surface area contributed by atoms with Crippen LogP contribution in [0.3, 0.4) is 0 Å². The van der Waals surface area contributed by atoms with Gasteiger partial charge in [-0.15, -0.1) is 0 Å². The van der Waals surface area contributed by atoms with Gasteiger partial charge in [-0.3, -0.25) is 4.79 Å². The van der Waals surface area contributed by atoms with Gasteiger partial charge in [-0.1, -0.05) is 12.1 Å². The Morgan fingerprint density at radius 3 is 2.50 bits per heavy atom. The number of aromatic nitrogens is 2. The lowest BCUT2D eigenvalue weighted by Gasteiger charge is -2.27. The number of fused-ring (bicyclic) bond motifs is 1. The van der Waals surface area contributed by atoms with Gasteiger partial charge in [-0.05, 0) is 58.4 Å². The third-order valence-corrected chi connectivity index (χ3v) is 6.28. The van der Waals surface area contributed by atoms with E-state index >= 15 is 0 Å². The first kappa shape index (κ1) is 25.1. The Kier molecular flexibility index (Phi) is 7.19. The third-order valence-electron chi connectivity index (χ3n) is 6.28. The quantitative estimate of drug-likeness (QED) is 0.371. The van der Waals surface area contributed by atoms with Gasteiger partial charge in [0.25, 0.3) is 0 Å². The van der Waals surface area contributed by atoms with Crippen molar-refractivity contribution in [2.75, 3.05) is 19.8 Å². The van der Waals surface area contributed by atoms with Gasteiger partial charge in [0.2, 0.25) is 5.78 Å². The monoisotopic (exact) mass is 494 g/mol. The van der Waals surface area contributed by atoms with E-state index in [1.807, 2.05) is 42.7 Å². The molecule has 4 rings (SSSR count). The van der Waals surface area contributed by atoms with E-state index in [0.29, 0.717) is 47.0 Å². The standard InChI is InChI=1S/C27H30N2O7/c1-6-33-26(31)24-16(3)25(28-17(24)4)27(32)35-14-21(30)20-11-15(2)29(18(20)5)12-19-13-34-22-9-7-8-10-23(22)36-19/h7-11,19,28H,6,12-14H2,1-5H3. The predicted molar refractivity (Wildman–Crippen MR) is 131 cm³/mol. The summed E-state index contributed by atoms with van der Waals surface area (Å²) in [6, 6.07) is 9.30. The van der Waals surface area contributed by atoms with E-state index in [9.17, 15) is 14.4 Å². The average Bonchev–Trinajstić information content (AvgIpc) is 3.32. The second-order valence-corrected chi connectivity index (χ2v) is 8.74. The number of nitrogens with zero attached hydrogens (tertiary/aromatic N) is 1. The number of ketones is 1. The van der Waals surface area contributed by atoms with Gasteiger partial charge >= 0.3 is 11.9 Å². The fourth-order valence-electron chi connectivity index (χ4n) is 4.47. The Morgan fingerprint density at radius 2 is 1.78 bits per heavy atom. The molecule has 9 nitrogen and oxygen atoms in total. The molecular formula is C27H30N2O7. The van der Waals surface area contributed by atoms with E-state index in [0.717, 1.165) is 11.4 Å². The Bertz CT molecular complexity index is 1320. The largest absolute Gasteiger partial charge is 0.486 e. The number of Topliss-reactive ketones (excluding diaryl/α,β-unsaturated/α-hetero) is 1. The van der Waals surface area contributed by atoms with Gasteiger partial charge < -0.3 is 28.5 Å². The van der Waals surface area contributed by atoms with E-state index < -0.39 is 18.5 Å². The summed E-state index contributed by atoms with van der Waals surface area (Å²) in [4.78, 5) is 40.7. The third kappa shape index (κ3) is 4.86. The van der Waals surface area contributed by atoms with Crippen LogP contribution in [0.25, 0.3) is 0 Å². The van der Waals surface area contributed by atoms with Crippen LogP contribution in [0.2, 0.25) is 0 Å². The van der Waals surface area contributed by atoms with Crippen molar-refractivity contribution in [2.24, 2.45) is 0 Å². The minimum absolute atomic E-state index is 0.128. The number of para-hydroxylation sites is 2. The summed E-state index contributed by atoms with van der Waals surface area (Å²) >= 11 is 0. The number of H-pyrrole nitrogens is 1. The summed E-state index contributed by atoms with van der Waals surface area (Å²) in [5, 5.41) is 0. The van der Waals surface area contributed by atoms with Crippen molar-refractivity contribution in [2.45, 2.75) is 47.3 Å². The number of aromatic amines is 1. The molecule has 1 aromatic carbocycles. The predicted octanol–water partition coefficient (Wildman–Crippen LogP) is 4.11. The van der Waals surface area contributed by atoms with Gasteiger partial charge in [0.15, 0.2) is 24.2 Å². The highest BCUT2D eigenvalue weighted by Crippen LogP contribution is 2.31. The van der Waals surface area contributed by atoms with Crippen molar-refractivity contribution >= 4 is 17.7 Å². The fraction of sp³-hybridized carbons (Fsp3) is 0.370. The molecule has 0 bridgehead atoms. The molecule has 0 radical (unpaired) electrons. The lowest BCUT2D eigenvalue weighted by Crippen LogP contribution is -2.33. The summed E-state index contributed by atoms with van der Waals surface area (Å²) in [7, 11) is 0. The number of carbonyl (C=O) groups is 3. The minimum Gasteiger partial charge on any atom is -0.486 e. The first-order valence-corrected chi connectivity index (χ1v) is 11.8. The number of ether oxygens (including phenoxy) is 4. The lowest BCUT2D eigenvalue weighted by atomic mass is 10.1. The maximum atomic E-state index is 12.9. The molecule has 0 saturated carbocycles. The first-order chi connectivity index (χ1) is 17.2. The van der Waals surface area contributed by atoms with Crippen LogP contribution >= 0.6 is 0 Å². The highest BCUT2D eigenvalue weighted by molar-refractivity contribution is 6.02. The molecule has 0 spiro atoms. The summed E-state index contributed by atoms with van der Waals surface area (Å²) in [6.07, 6.45) is -0.210. The number of benzene rings is 1. The van der Waals surface area contributed by atoms with Crippen LogP contribution in [0, 0.1) is 27.7 Å². The molecule has 0 fully saturated rings. The molecular weight excluding hydrogens is 464 g/mol. The summed E-state index contributed by atoms with van der Waals surface area (Å²) < 4.78 is 24.2. The normalized spacial score (nSPS) is 14.4. The number of hydrogen-bond acceptors (Lipinski definition) is 7. The summed E-state index contributed by atoms with van der Waals surface area (Å²) in [5.41, 5.74) is 3.48. The molecule has 1 atom stereocenters. The van der Waals surface area contributed by atoms with Crippen LogP contribution in [0.4, 0.5) is 0 Å². The van der Waals surface area contributed by atoms with Crippen molar-refractivity contribution in [3.8, 4) is 11.5 Å². The Morgan fingerprint density at radius 1 is 1.06 bits per heavy atom. The smallest absolute Gasteiger partial charge is 0.355 e. The second-order valence-electron chi connectivity index (χ2n) is 8.74. The summed E-state index contributed by atoms with van der Waals surface area (Å²) in [6.45, 7) is 9.50. The molecule has 1 N–H and O–H groups in total. The van der Waals surface area contributed by atoms with Crippen LogP contribution in [0.5, 0.6) is 11.5 Å². The van der Waals surface area contributed by atoms with Crippen molar-refractivity contribution in [1.82, 2.24) is 9.55 Å². The molecule has 190 valence electrons. The number of hydrogen-bond donors (Lipinski definition) is 1. The fourth-order valence-corrected chi connectivity index (χ4v) is 4.47. The average molecular weight is 495 g/mol. The zero-order valence-electron chi connectivity index (χ0n) is 21.1. The van der Waals surface area contributed by atoms with Gasteiger partial charge in [0.1, 0.15) is 12.3 Å². The maximum Gasteiger partial charge on any atom is 0.355 e. The van der Waals surface area contributed by atoms with Crippen LogP contribution in [0.15, 0.2) is 30.3 Å². The van der Waals surface area contributed by atoms with Crippen molar-refractivity contribution in [3.05, 3.63) is 69.8 Å². The lowest BCUT2D eigenvalue weighted by molar-refractivity contribution is 0.0468. The van der Waals surface area contributed by atoms with E-state index in [-0.39, 0.29) is 24.2 Å². The summed E-state index contributed by atoms with van der Waals surface area (Å²) in [5.74, 6) is -0.128. The molecule has 2 aromatic heterocycles. The zero-order chi connectivity index (χ0) is 26.0. The molecule has 1 aliphatic rings. The van der Waals surface area contributed by atoms with Crippen LogP contribution < -0.4 is 9.47 Å². The number of nitrogens with one attached hydrogen (secondary N) is 1. The Balaban J connectivity index is 1.42. The van der Waals surface area contributed by atoms with Crippen LogP contribution in [-0.2, 0) is 16.0 Å². The van der Waals surface area contributed by atoms with Crippen molar-refractivity contribution in [3.63, 3.8) is 0 Å². The highest BCUT2D eigenvalue weighted by Gasteiger charge is 2.26. The Hall–Kier alpha value is -4.01.